The molecule has 126 valence electrons. The van der Waals surface area contributed by atoms with Crippen LogP contribution >= 0.6 is 0 Å². The Kier molecular flexibility index (Phi) is 4.74. The molecule has 23 heavy (non-hydrogen) atoms. The van der Waals surface area contributed by atoms with E-state index in [-0.39, 0.29) is 17.4 Å². The van der Waals surface area contributed by atoms with Gasteiger partial charge in [0.25, 0.3) is 0 Å². The third-order valence-electron chi connectivity index (χ3n) is 5.68. The van der Waals surface area contributed by atoms with E-state index >= 15 is 0 Å². The van der Waals surface area contributed by atoms with Crippen LogP contribution in [0.1, 0.15) is 50.3 Å². The topological polar surface area (TPSA) is 55.6 Å². The van der Waals surface area contributed by atoms with Crippen molar-refractivity contribution in [2.75, 3.05) is 19.6 Å². The number of rotatable bonds is 4. The highest BCUT2D eigenvalue weighted by atomic mass is 16.5. The summed E-state index contributed by atoms with van der Waals surface area (Å²) < 4.78 is 5.81. The van der Waals surface area contributed by atoms with Crippen molar-refractivity contribution >= 4 is 5.91 Å². The maximum Gasteiger partial charge on any atom is 0.225 e. The molecule has 2 aliphatic rings. The summed E-state index contributed by atoms with van der Waals surface area (Å²) in [6, 6.07) is 8.21. The molecule has 1 saturated heterocycles. The van der Waals surface area contributed by atoms with E-state index in [2.05, 4.69) is 26.0 Å². The highest BCUT2D eigenvalue weighted by Crippen LogP contribution is 2.36. The van der Waals surface area contributed by atoms with Crippen molar-refractivity contribution in [2.45, 2.75) is 45.8 Å². The van der Waals surface area contributed by atoms with Crippen molar-refractivity contribution in [1.82, 2.24) is 4.90 Å². The Balaban J connectivity index is 1.55. The number of nitrogens with two attached hydrogens (primary N) is 1. The zero-order valence-corrected chi connectivity index (χ0v) is 14.3. The molecular formula is C19H28N2O2. The normalized spacial score (nSPS) is 22.2. The van der Waals surface area contributed by atoms with Crippen molar-refractivity contribution in [3.05, 3.63) is 35.4 Å². The van der Waals surface area contributed by atoms with Gasteiger partial charge in [-0.2, -0.15) is 0 Å². The van der Waals surface area contributed by atoms with Crippen LogP contribution in [-0.4, -0.2) is 30.4 Å². The number of piperidine rings is 1. The summed E-state index contributed by atoms with van der Waals surface area (Å²) in [5.74, 6) is 0.829. The van der Waals surface area contributed by atoms with Crippen LogP contribution in [0.5, 0.6) is 0 Å². The molecule has 0 saturated carbocycles. The van der Waals surface area contributed by atoms with Gasteiger partial charge in [-0.15, -0.1) is 0 Å². The summed E-state index contributed by atoms with van der Waals surface area (Å²) in [5, 5.41) is 0. The van der Waals surface area contributed by atoms with Crippen LogP contribution in [0, 0.1) is 11.3 Å². The lowest BCUT2D eigenvalue weighted by molar-refractivity contribution is -0.136. The SMILES string of the molecule is CC(C)(CN)C1CCN(C(=O)C[C@@H]2OCc3ccccc32)CC1. The highest BCUT2D eigenvalue weighted by Gasteiger charge is 2.34. The first-order chi connectivity index (χ1) is 11.0. The monoisotopic (exact) mass is 316 g/mol. The fraction of sp³-hybridized carbons (Fsp3) is 0.632. The van der Waals surface area contributed by atoms with E-state index in [0.717, 1.165) is 25.9 Å². The second-order valence-electron chi connectivity index (χ2n) is 7.55. The van der Waals surface area contributed by atoms with Crippen LogP contribution in [-0.2, 0) is 16.1 Å². The number of carbonyl (C=O) groups is 1. The van der Waals surface area contributed by atoms with Crippen LogP contribution in [0.25, 0.3) is 0 Å². The predicted octanol–water partition coefficient (Wildman–Crippen LogP) is 2.87. The minimum atomic E-state index is -0.0723. The van der Waals surface area contributed by atoms with Crippen molar-refractivity contribution in [3.63, 3.8) is 0 Å². The number of fused-ring (bicyclic) bond motifs is 1. The van der Waals surface area contributed by atoms with E-state index in [9.17, 15) is 4.79 Å². The lowest BCUT2D eigenvalue weighted by atomic mass is 9.74. The molecule has 1 atom stereocenters. The van der Waals surface area contributed by atoms with E-state index < -0.39 is 0 Å². The Morgan fingerprint density at radius 3 is 2.70 bits per heavy atom. The molecule has 4 nitrogen and oxygen atoms in total. The summed E-state index contributed by atoms with van der Waals surface area (Å²) in [7, 11) is 0. The third kappa shape index (κ3) is 3.43. The number of likely N-dealkylation sites (tertiary alicyclic amines) is 1. The number of hydrogen-bond acceptors (Lipinski definition) is 3. The van der Waals surface area contributed by atoms with Crippen molar-refractivity contribution in [1.29, 1.82) is 0 Å². The highest BCUT2D eigenvalue weighted by molar-refractivity contribution is 5.77. The van der Waals surface area contributed by atoms with E-state index in [1.807, 2.05) is 17.0 Å². The largest absolute Gasteiger partial charge is 0.368 e. The molecule has 2 heterocycles. The number of carbonyl (C=O) groups excluding carboxylic acids is 1. The number of benzene rings is 1. The Morgan fingerprint density at radius 2 is 2.00 bits per heavy atom. The van der Waals surface area contributed by atoms with Crippen LogP contribution in [0.3, 0.4) is 0 Å². The van der Waals surface area contributed by atoms with Gasteiger partial charge in [-0.25, -0.2) is 0 Å². The number of hydrogen-bond donors (Lipinski definition) is 1. The van der Waals surface area contributed by atoms with Crippen LogP contribution in [0.2, 0.25) is 0 Å². The van der Waals surface area contributed by atoms with Gasteiger partial charge in [0.2, 0.25) is 5.91 Å². The Labute approximate surface area is 139 Å². The van der Waals surface area contributed by atoms with Crippen molar-refractivity contribution in [2.24, 2.45) is 17.1 Å². The Bertz CT molecular complexity index is 562. The van der Waals surface area contributed by atoms with E-state index in [0.29, 0.717) is 25.5 Å². The van der Waals surface area contributed by atoms with Crippen LogP contribution < -0.4 is 5.73 Å². The molecule has 0 aromatic heterocycles. The molecule has 0 bridgehead atoms. The number of ether oxygens (including phenoxy) is 1. The number of nitrogens with zero attached hydrogens (tertiary/aromatic N) is 1. The third-order valence-corrected chi connectivity index (χ3v) is 5.68. The molecule has 1 aromatic carbocycles. The van der Waals surface area contributed by atoms with Crippen molar-refractivity contribution < 1.29 is 9.53 Å². The van der Waals surface area contributed by atoms with Gasteiger partial charge in [-0.05, 0) is 41.8 Å². The lowest BCUT2D eigenvalue weighted by Crippen LogP contribution is -2.44. The quantitative estimate of drug-likeness (QED) is 0.929. The second-order valence-corrected chi connectivity index (χ2v) is 7.55. The van der Waals surface area contributed by atoms with E-state index in [1.54, 1.807) is 0 Å². The van der Waals surface area contributed by atoms with Crippen LogP contribution in [0.4, 0.5) is 0 Å². The van der Waals surface area contributed by atoms with E-state index in [4.69, 9.17) is 10.5 Å². The fourth-order valence-electron chi connectivity index (χ4n) is 3.79. The molecule has 0 spiro atoms. The molecule has 4 heteroatoms. The van der Waals surface area contributed by atoms with Crippen molar-refractivity contribution in [3.8, 4) is 0 Å². The molecule has 0 radical (unpaired) electrons. The zero-order chi connectivity index (χ0) is 16.4. The molecule has 2 aliphatic heterocycles. The molecule has 2 N–H and O–H groups in total. The maximum atomic E-state index is 12.6. The minimum absolute atomic E-state index is 0.0723. The average molecular weight is 316 g/mol. The molecule has 1 aromatic rings. The van der Waals surface area contributed by atoms with Gasteiger partial charge in [0.05, 0.1) is 19.1 Å². The smallest absolute Gasteiger partial charge is 0.225 e. The lowest BCUT2D eigenvalue weighted by Gasteiger charge is -2.40. The molecule has 1 amide bonds. The first kappa shape index (κ1) is 16.5. The summed E-state index contributed by atoms with van der Waals surface area (Å²) in [4.78, 5) is 14.6. The Morgan fingerprint density at radius 1 is 1.30 bits per heavy atom. The van der Waals surface area contributed by atoms with E-state index in [1.165, 1.54) is 11.1 Å². The van der Waals surface area contributed by atoms with Crippen LogP contribution in [0.15, 0.2) is 24.3 Å². The second kappa shape index (κ2) is 6.62. The first-order valence-corrected chi connectivity index (χ1v) is 8.68. The van der Waals surface area contributed by atoms with Gasteiger partial charge in [-0.3, -0.25) is 4.79 Å². The maximum absolute atomic E-state index is 12.6. The van der Waals surface area contributed by atoms with Gasteiger partial charge < -0.3 is 15.4 Å². The Hall–Kier alpha value is -1.39. The predicted molar refractivity (Wildman–Crippen MR) is 90.7 cm³/mol. The molecule has 3 rings (SSSR count). The fourth-order valence-corrected chi connectivity index (χ4v) is 3.79. The van der Waals surface area contributed by atoms with Gasteiger partial charge in [-0.1, -0.05) is 38.1 Å². The summed E-state index contributed by atoms with van der Waals surface area (Å²) in [6.07, 6.45) is 2.50. The number of amides is 1. The molecule has 0 unspecified atom stereocenters. The summed E-state index contributed by atoms with van der Waals surface area (Å²) >= 11 is 0. The summed E-state index contributed by atoms with van der Waals surface area (Å²) in [6.45, 7) is 7.50. The standard InChI is InChI=1S/C19H28N2O2/c1-19(2,13-20)15-7-9-21(10-8-15)18(22)11-17-16-6-4-3-5-14(16)12-23-17/h3-6,15,17H,7-13,20H2,1-2H3/t17-/m0/s1. The molecular weight excluding hydrogens is 288 g/mol. The van der Waals surface area contributed by atoms with Gasteiger partial charge in [0, 0.05) is 13.1 Å². The zero-order valence-electron chi connectivity index (χ0n) is 14.3. The van der Waals surface area contributed by atoms with Gasteiger partial charge in [0.15, 0.2) is 0 Å². The average Bonchev–Trinajstić information content (AvgIpc) is 2.98. The van der Waals surface area contributed by atoms with Gasteiger partial charge in [0.1, 0.15) is 0 Å². The minimum Gasteiger partial charge on any atom is -0.368 e. The first-order valence-electron chi connectivity index (χ1n) is 8.68. The van der Waals surface area contributed by atoms with Gasteiger partial charge >= 0.3 is 0 Å². The molecule has 0 aliphatic carbocycles. The molecule has 1 fully saturated rings. The summed E-state index contributed by atoms with van der Waals surface area (Å²) in [5.41, 5.74) is 8.45.